The molecule has 2 aromatic carbocycles. The lowest BCUT2D eigenvalue weighted by atomic mass is 9.88. The Kier molecular flexibility index (Phi) is 9.90. The number of amides is 2. The Labute approximate surface area is 298 Å². The number of alkyl halides is 3. The lowest BCUT2D eigenvalue weighted by molar-refractivity contribution is -0.213. The monoisotopic (exact) mass is 724 g/mol. The maximum atomic E-state index is 14.5. The van der Waals surface area contributed by atoms with Crippen LogP contribution in [0, 0.1) is 10.8 Å². The van der Waals surface area contributed by atoms with Crippen molar-refractivity contribution in [3.8, 4) is 16.8 Å². The van der Waals surface area contributed by atoms with Gasteiger partial charge in [0.2, 0.25) is 0 Å². The van der Waals surface area contributed by atoms with Crippen LogP contribution in [0.2, 0.25) is 5.02 Å². The molecule has 51 heavy (non-hydrogen) atoms. The molecule has 0 radical (unpaired) electrons. The van der Waals surface area contributed by atoms with Gasteiger partial charge in [-0.2, -0.15) is 23.4 Å². The van der Waals surface area contributed by atoms with Crippen molar-refractivity contribution in [3.05, 3.63) is 89.5 Å². The molecule has 270 valence electrons. The molecule has 11 nitrogen and oxygen atoms in total. The van der Waals surface area contributed by atoms with E-state index in [9.17, 15) is 22.8 Å². The summed E-state index contributed by atoms with van der Waals surface area (Å²) in [5.41, 5.74) is 0.395. The number of nitrogens with one attached hydrogen (secondary N) is 3. The number of ether oxygens (including phenoxy) is 1. The summed E-state index contributed by atoms with van der Waals surface area (Å²) in [6.07, 6.45) is 5.20. The average molecular weight is 725 g/mol. The van der Waals surface area contributed by atoms with Crippen LogP contribution in [-0.2, 0) is 4.74 Å². The Balaban J connectivity index is 1.34. The SMILES string of the molecule is CC1(NC(=O)OC[C@H](c2ccc(Cl)c(-n3cccn3)c2)N(C(=N)NCCC(C)(C)C(F)(F)F)C(=O)c2ccc(-c3cnn(C4CC4)c3)cc2)CC1. The number of carbonyl (C=O) groups excluding carboxylic acids is 2. The van der Waals surface area contributed by atoms with Crippen molar-refractivity contribution in [1.29, 1.82) is 5.41 Å². The van der Waals surface area contributed by atoms with Gasteiger partial charge in [0.1, 0.15) is 6.61 Å². The number of hydrogen-bond donors (Lipinski definition) is 3. The molecule has 2 saturated carbocycles. The summed E-state index contributed by atoms with van der Waals surface area (Å²) in [5.74, 6) is -1.10. The van der Waals surface area contributed by atoms with Crippen molar-refractivity contribution in [2.45, 2.75) is 76.7 Å². The second-order valence-corrected chi connectivity index (χ2v) is 14.5. The number of aromatic nitrogens is 4. The van der Waals surface area contributed by atoms with Gasteiger partial charge < -0.3 is 15.4 Å². The number of nitrogens with zero attached hydrogens (tertiary/aromatic N) is 5. The predicted molar refractivity (Wildman–Crippen MR) is 186 cm³/mol. The minimum atomic E-state index is -4.47. The molecule has 15 heteroatoms. The molecule has 0 aliphatic heterocycles. The van der Waals surface area contributed by atoms with Crippen molar-refractivity contribution in [2.24, 2.45) is 5.41 Å². The zero-order chi connectivity index (χ0) is 36.6. The third-order valence-corrected chi connectivity index (χ3v) is 9.77. The molecule has 0 saturated heterocycles. The topological polar surface area (TPSA) is 130 Å². The smallest absolute Gasteiger partial charge is 0.407 e. The number of alkyl carbamates (subject to hydrolysis) is 1. The third kappa shape index (κ3) is 8.38. The molecule has 2 fully saturated rings. The molecular weight excluding hydrogens is 685 g/mol. The van der Waals surface area contributed by atoms with Crippen molar-refractivity contribution in [1.82, 2.24) is 35.1 Å². The zero-order valence-corrected chi connectivity index (χ0v) is 29.3. The van der Waals surface area contributed by atoms with E-state index < -0.39 is 35.6 Å². The van der Waals surface area contributed by atoms with E-state index in [-0.39, 0.29) is 30.7 Å². The highest BCUT2D eigenvalue weighted by Crippen LogP contribution is 2.40. The second-order valence-electron chi connectivity index (χ2n) is 14.1. The number of benzene rings is 2. The molecule has 3 N–H and O–H groups in total. The fraction of sp³-hybridized carbons (Fsp3) is 0.417. The molecule has 2 aliphatic carbocycles. The van der Waals surface area contributed by atoms with Crippen LogP contribution in [0.5, 0.6) is 0 Å². The highest BCUT2D eigenvalue weighted by atomic mass is 35.5. The first-order valence-electron chi connectivity index (χ1n) is 16.8. The van der Waals surface area contributed by atoms with Gasteiger partial charge in [0.05, 0.1) is 34.4 Å². The summed E-state index contributed by atoms with van der Waals surface area (Å²) < 4.78 is 50.2. The Bertz CT molecular complexity index is 1880. The molecule has 2 heterocycles. The molecule has 2 aromatic heterocycles. The first-order valence-corrected chi connectivity index (χ1v) is 17.1. The van der Waals surface area contributed by atoms with Crippen LogP contribution in [0.15, 0.2) is 73.3 Å². The maximum Gasteiger partial charge on any atom is 0.407 e. The summed E-state index contributed by atoms with van der Waals surface area (Å²) >= 11 is 6.55. The number of carbonyl (C=O) groups is 2. The van der Waals surface area contributed by atoms with E-state index in [2.05, 4.69) is 20.8 Å². The number of rotatable bonds is 12. The predicted octanol–water partition coefficient (Wildman–Crippen LogP) is 7.69. The van der Waals surface area contributed by atoms with Crippen molar-refractivity contribution >= 4 is 29.6 Å². The summed E-state index contributed by atoms with van der Waals surface area (Å²) in [5, 5.41) is 23.7. The van der Waals surface area contributed by atoms with Crippen LogP contribution in [0.4, 0.5) is 18.0 Å². The van der Waals surface area contributed by atoms with Gasteiger partial charge in [-0.15, -0.1) is 0 Å². The molecule has 2 amide bonds. The van der Waals surface area contributed by atoms with E-state index in [1.165, 1.54) is 4.68 Å². The quantitative estimate of drug-likeness (QED) is 0.102. The van der Waals surface area contributed by atoms with E-state index in [1.54, 1.807) is 67.1 Å². The fourth-order valence-corrected chi connectivity index (χ4v) is 5.69. The van der Waals surface area contributed by atoms with Gasteiger partial charge in [-0.25, -0.2) is 9.48 Å². The highest BCUT2D eigenvalue weighted by Gasteiger charge is 2.46. The Morgan fingerprint density at radius 1 is 1.12 bits per heavy atom. The van der Waals surface area contributed by atoms with Crippen LogP contribution >= 0.6 is 11.6 Å². The van der Waals surface area contributed by atoms with Crippen LogP contribution in [0.25, 0.3) is 16.8 Å². The Morgan fingerprint density at radius 2 is 1.84 bits per heavy atom. The van der Waals surface area contributed by atoms with Crippen molar-refractivity contribution in [2.75, 3.05) is 13.2 Å². The minimum Gasteiger partial charge on any atom is -0.447 e. The van der Waals surface area contributed by atoms with Crippen LogP contribution in [0.3, 0.4) is 0 Å². The zero-order valence-electron chi connectivity index (χ0n) is 28.5. The molecular formula is C36H40ClF3N8O3. The van der Waals surface area contributed by atoms with Crippen LogP contribution in [-0.4, -0.2) is 67.3 Å². The number of hydrogen-bond acceptors (Lipinski definition) is 6. The summed E-state index contributed by atoms with van der Waals surface area (Å²) in [6, 6.07) is 12.7. The van der Waals surface area contributed by atoms with E-state index >= 15 is 0 Å². The first kappa shape index (κ1) is 36.0. The van der Waals surface area contributed by atoms with Gasteiger partial charge in [0, 0.05) is 41.8 Å². The third-order valence-electron chi connectivity index (χ3n) is 9.45. The Morgan fingerprint density at radius 3 is 2.47 bits per heavy atom. The molecule has 1 atom stereocenters. The standard InChI is InChI=1S/C36H40ClF3N8O3/c1-34(2,36(38,39)40)15-17-42-32(41)48(31(49)24-7-5-23(6-8-24)26-20-44-47(21-26)27-10-11-27)30(22-51-33(50)45-35(3)13-14-35)25-9-12-28(37)29(19-25)46-18-4-16-43-46/h4-9,12,16,18-21,27,30H,10-11,13-15,17,22H2,1-3H3,(H2,41,42)(H,45,50)/t30-/m1/s1. The van der Waals surface area contributed by atoms with Gasteiger partial charge in [-0.05, 0) is 80.5 Å². The maximum absolute atomic E-state index is 14.5. The first-order chi connectivity index (χ1) is 24.1. The molecule has 6 rings (SSSR count). The molecule has 0 bridgehead atoms. The van der Waals surface area contributed by atoms with E-state index in [0.29, 0.717) is 22.3 Å². The van der Waals surface area contributed by atoms with Gasteiger partial charge in [-0.1, -0.05) is 43.6 Å². The Hall–Kier alpha value is -4.85. The normalized spacial score (nSPS) is 15.9. The van der Waals surface area contributed by atoms with E-state index in [1.807, 2.05) is 17.8 Å². The summed E-state index contributed by atoms with van der Waals surface area (Å²) in [4.78, 5) is 28.5. The molecule has 0 spiro atoms. The van der Waals surface area contributed by atoms with Crippen molar-refractivity contribution in [3.63, 3.8) is 0 Å². The summed E-state index contributed by atoms with van der Waals surface area (Å²) in [7, 11) is 0. The van der Waals surface area contributed by atoms with Crippen LogP contribution in [0.1, 0.15) is 80.9 Å². The van der Waals surface area contributed by atoms with E-state index in [4.69, 9.17) is 21.7 Å². The van der Waals surface area contributed by atoms with Gasteiger partial charge in [0.15, 0.2) is 5.96 Å². The molecule has 0 unspecified atom stereocenters. The lowest BCUT2D eigenvalue weighted by Gasteiger charge is -2.33. The number of guanidine groups is 1. The average Bonchev–Trinajstić information content (AvgIpc) is 3.92. The second kappa shape index (κ2) is 14.0. The van der Waals surface area contributed by atoms with Gasteiger partial charge in [0.25, 0.3) is 5.91 Å². The summed E-state index contributed by atoms with van der Waals surface area (Å²) in [6.45, 7) is 3.41. The lowest BCUT2D eigenvalue weighted by Crippen LogP contribution is -2.49. The molecule has 2 aliphatic rings. The largest absolute Gasteiger partial charge is 0.447 e. The number of halogens is 4. The minimum absolute atomic E-state index is 0.205. The van der Waals surface area contributed by atoms with Gasteiger partial charge >= 0.3 is 12.3 Å². The van der Waals surface area contributed by atoms with Crippen LogP contribution < -0.4 is 10.6 Å². The fourth-order valence-electron chi connectivity index (χ4n) is 5.48. The van der Waals surface area contributed by atoms with E-state index in [0.717, 1.165) is 55.6 Å². The van der Waals surface area contributed by atoms with Crippen molar-refractivity contribution < 1.29 is 27.5 Å². The van der Waals surface area contributed by atoms with Gasteiger partial charge in [-0.3, -0.25) is 19.8 Å². The molecule has 4 aromatic rings. The highest BCUT2D eigenvalue weighted by molar-refractivity contribution is 6.32.